The summed E-state index contributed by atoms with van der Waals surface area (Å²) in [6.07, 6.45) is 6.90. The number of rotatable bonds is 4. The SMILES string of the molecule is CCCCC1(CO)C[C@@H]2O[C@@H]2C1. The molecule has 2 fully saturated rings. The molecule has 0 aromatic heterocycles. The Balaban J connectivity index is 1.87. The molecular weight excluding hydrogens is 152 g/mol. The van der Waals surface area contributed by atoms with Gasteiger partial charge in [-0.05, 0) is 24.7 Å². The Hall–Kier alpha value is -0.0800. The van der Waals surface area contributed by atoms with Crippen LogP contribution < -0.4 is 0 Å². The second-order valence-corrected chi connectivity index (χ2v) is 4.38. The van der Waals surface area contributed by atoms with Crippen LogP contribution in [0.1, 0.15) is 39.0 Å². The van der Waals surface area contributed by atoms with Crippen LogP contribution in [0.2, 0.25) is 0 Å². The van der Waals surface area contributed by atoms with Gasteiger partial charge in [0.25, 0.3) is 0 Å². The standard InChI is InChI=1S/C10H18O2/c1-2-3-4-10(7-11)5-8-9(6-10)12-8/h8-9,11H,2-7H2,1H3/t8-,9+,10?. The molecule has 0 radical (unpaired) electrons. The molecule has 1 saturated carbocycles. The summed E-state index contributed by atoms with van der Waals surface area (Å²) in [5.41, 5.74) is 0.240. The third-order valence-electron chi connectivity index (χ3n) is 3.35. The summed E-state index contributed by atoms with van der Waals surface area (Å²) in [6.45, 7) is 2.57. The number of fused-ring (bicyclic) bond motifs is 1. The molecule has 2 nitrogen and oxygen atoms in total. The summed E-state index contributed by atoms with van der Waals surface area (Å²) >= 11 is 0. The molecule has 0 amide bonds. The lowest BCUT2D eigenvalue weighted by atomic mass is 9.81. The van der Waals surface area contributed by atoms with E-state index in [-0.39, 0.29) is 5.41 Å². The van der Waals surface area contributed by atoms with Crippen molar-refractivity contribution in [2.75, 3.05) is 6.61 Å². The highest BCUT2D eigenvalue weighted by atomic mass is 16.6. The molecule has 2 rings (SSSR count). The smallest absolute Gasteiger partial charge is 0.0848 e. The first-order valence-electron chi connectivity index (χ1n) is 5.06. The predicted molar refractivity (Wildman–Crippen MR) is 46.9 cm³/mol. The van der Waals surface area contributed by atoms with Gasteiger partial charge in [0.15, 0.2) is 0 Å². The molecule has 0 aromatic carbocycles. The third kappa shape index (κ3) is 1.38. The van der Waals surface area contributed by atoms with E-state index < -0.39 is 0 Å². The van der Waals surface area contributed by atoms with E-state index in [1.54, 1.807) is 0 Å². The largest absolute Gasteiger partial charge is 0.396 e. The van der Waals surface area contributed by atoms with E-state index in [1.807, 2.05) is 0 Å². The van der Waals surface area contributed by atoms with Crippen molar-refractivity contribution in [2.24, 2.45) is 5.41 Å². The van der Waals surface area contributed by atoms with Crippen molar-refractivity contribution in [1.29, 1.82) is 0 Å². The highest BCUT2D eigenvalue weighted by molar-refractivity contribution is 5.03. The monoisotopic (exact) mass is 170 g/mol. The first kappa shape index (κ1) is 8.52. The average Bonchev–Trinajstić information content (AvgIpc) is 2.72. The summed E-state index contributed by atoms with van der Waals surface area (Å²) in [5.74, 6) is 0. The molecule has 0 bridgehead atoms. The van der Waals surface area contributed by atoms with Crippen molar-refractivity contribution in [3.63, 3.8) is 0 Å². The van der Waals surface area contributed by atoms with Crippen LogP contribution in [0.4, 0.5) is 0 Å². The first-order chi connectivity index (χ1) is 5.79. The highest BCUT2D eigenvalue weighted by Crippen LogP contribution is 2.52. The quantitative estimate of drug-likeness (QED) is 0.651. The van der Waals surface area contributed by atoms with Crippen molar-refractivity contribution >= 4 is 0 Å². The van der Waals surface area contributed by atoms with Gasteiger partial charge < -0.3 is 9.84 Å². The molecule has 1 saturated heterocycles. The number of hydrogen-bond acceptors (Lipinski definition) is 2. The summed E-state index contributed by atoms with van der Waals surface area (Å²) < 4.78 is 5.38. The van der Waals surface area contributed by atoms with Crippen molar-refractivity contribution in [3.8, 4) is 0 Å². The van der Waals surface area contributed by atoms with E-state index in [2.05, 4.69) is 6.92 Å². The lowest BCUT2D eigenvalue weighted by molar-refractivity contribution is 0.0753. The fourth-order valence-corrected chi connectivity index (χ4v) is 2.44. The van der Waals surface area contributed by atoms with Crippen LogP contribution in [-0.4, -0.2) is 23.9 Å². The Morgan fingerprint density at radius 1 is 1.42 bits per heavy atom. The summed E-state index contributed by atoms with van der Waals surface area (Å²) in [5, 5.41) is 9.33. The molecule has 1 aliphatic heterocycles. The van der Waals surface area contributed by atoms with Crippen LogP contribution in [0.5, 0.6) is 0 Å². The first-order valence-corrected chi connectivity index (χ1v) is 5.06. The van der Waals surface area contributed by atoms with Gasteiger partial charge >= 0.3 is 0 Å². The van der Waals surface area contributed by atoms with Gasteiger partial charge in [-0.2, -0.15) is 0 Å². The van der Waals surface area contributed by atoms with Gasteiger partial charge in [0, 0.05) is 6.61 Å². The minimum absolute atomic E-state index is 0.240. The predicted octanol–water partition coefficient (Wildman–Crippen LogP) is 1.72. The van der Waals surface area contributed by atoms with Gasteiger partial charge in [-0.3, -0.25) is 0 Å². The summed E-state index contributed by atoms with van der Waals surface area (Å²) in [4.78, 5) is 0. The number of ether oxygens (including phenoxy) is 1. The van der Waals surface area contributed by atoms with Gasteiger partial charge in [0.2, 0.25) is 0 Å². The zero-order valence-electron chi connectivity index (χ0n) is 7.75. The van der Waals surface area contributed by atoms with Crippen LogP contribution in [0.3, 0.4) is 0 Å². The zero-order valence-corrected chi connectivity index (χ0v) is 7.75. The highest BCUT2D eigenvalue weighted by Gasteiger charge is 2.54. The normalized spacial score (nSPS) is 44.5. The van der Waals surface area contributed by atoms with E-state index in [0.717, 1.165) is 12.8 Å². The maximum atomic E-state index is 9.33. The van der Waals surface area contributed by atoms with E-state index >= 15 is 0 Å². The van der Waals surface area contributed by atoms with E-state index in [9.17, 15) is 5.11 Å². The van der Waals surface area contributed by atoms with Gasteiger partial charge in [0.1, 0.15) is 0 Å². The van der Waals surface area contributed by atoms with Crippen LogP contribution >= 0.6 is 0 Å². The second-order valence-electron chi connectivity index (χ2n) is 4.38. The van der Waals surface area contributed by atoms with Gasteiger partial charge in [0.05, 0.1) is 12.2 Å². The van der Waals surface area contributed by atoms with Crippen molar-refractivity contribution < 1.29 is 9.84 Å². The number of hydrogen-bond donors (Lipinski definition) is 1. The maximum absolute atomic E-state index is 9.33. The van der Waals surface area contributed by atoms with E-state index in [1.165, 1.54) is 19.3 Å². The van der Waals surface area contributed by atoms with Gasteiger partial charge in [-0.1, -0.05) is 19.8 Å². The van der Waals surface area contributed by atoms with Crippen molar-refractivity contribution in [1.82, 2.24) is 0 Å². The number of epoxide rings is 1. The Morgan fingerprint density at radius 3 is 2.58 bits per heavy atom. The minimum Gasteiger partial charge on any atom is -0.396 e. The van der Waals surface area contributed by atoms with Crippen LogP contribution in [0.15, 0.2) is 0 Å². The molecule has 1 unspecified atom stereocenters. The molecule has 0 aromatic rings. The molecule has 70 valence electrons. The molecule has 2 heteroatoms. The zero-order chi connectivity index (χ0) is 8.60. The second kappa shape index (κ2) is 3.00. The van der Waals surface area contributed by atoms with Crippen molar-refractivity contribution in [2.45, 2.75) is 51.2 Å². The molecular formula is C10H18O2. The average molecular weight is 170 g/mol. The molecule has 1 N–H and O–H groups in total. The van der Waals surface area contributed by atoms with Gasteiger partial charge in [-0.25, -0.2) is 0 Å². The van der Waals surface area contributed by atoms with Crippen LogP contribution in [0, 0.1) is 5.41 Å². The molecule has 1 heterocycles. The third-order valence-corrected chi connectivity index (χ3v) is 3.35. The molecule has 3 atom stereocenters. The Bertz CT molecular complexity index is 157. The van der Waals surface area contributed by atoms with E-state index in [4.69, 9.17) is 4.74 Å². The Morgan fingerprint density at radius 2 is 2.08 bits per heavy atom. The summed E-state index contributed by atoms with van der Waals surface area (Å²) in [7, 11) is 0. The number of unbranched alkanes of at least 4 members (excludes halogenated alkanes) is 1. The lowest BCUT2D eigenvalue weighted by Gasteiger charge is -2.27. The maximum Gasteiger partial charge on any atom is 0.0848 e. The lowest BCUT2D eigenvalue weighted by Crippen LogP contribution is -2.24. The fourth-order valence-electron chi connectivity index (χ4n) is 2.44. The van der Waals surface area contributed by atoms with Crippen LogP contribution in [0.25, 0.3) is 0 Å². The van der Waals surface area contributed by atoms with Crippen molar-refractivity contribution in [3.05, 3.63) is 0 Å². The number of aliphatic hydroxyl groups excluding tert-OH is 1. The topological polar surface area (TPSA) is 32.8 Å². The Labute approximate surface area is 73.9 Å². The fraction of sp³-hybridized carbons (Fsp3) is 1.00. The molecule has 2 aliphatic rings. The Kier molecular flexibility index (Phi) is 2.13. The summed E-state index contributed by atoms with van der Waals surface area (Å²) in [6, 6.07) is 0. The van der Waals surface area contributed by atoms with Crippen LogP contribution in [-0.2, 0) is 4.74 Å². The molecule has 1 aliphatic carbocycles. The van der Waals surface area contributed by atoms with E-state index in [0.29, 0.717) is 18.8 Å². The molecule has 0 spiro atoms. The number of aliphatic hydroxyl groups is 1. The molecule has 12 heavy (non-hydrogen) atoms. The minimum atomic E-state index is 0.240. The van der Waals surface area contributed by atoms with Gasteiger partial charge in [-0.15, -0.1) is 0 Å².